The molecule has 0 aliphatic rings. The number of phenols is 1. The number of hydrogen-bond donors (Lipinski definition) is 1. The van der Waals surface area contributed by atoms with Crippen LogP contribution in [0, 0.1) is 0 Å². The average molecular weight is 304 g/mol. The molecule has 0 spiro atoms. The molecule has 1 aromatic rings. The maximum atomic E-state index is 11.6. The molecule has 0 aliphatic heterocycles. The number of unbranched alkanes of at least 4 members (excludes halogenated alkanes) is 1. The Morgan fingerprint density at radius 2 is 2.00 bits per heavy atom. The van der Waals surface area contributed by atoms with E-state index in [-0.39, 0.29) is 11.5 Å². The minimum absolute atomic E-state index is 0.0351. The van der Waals surface area contributed by atoms with Gasteiger partial charge in [-0.2, -0.15) is 0 Å². The smallest absolute Gasteiger partial charge is 0.166 e. The van der Waals surface area contributed by atoms with E-state index in [1.807, 2.05) is 0 Å². The molecule has 0 atom stereocenters. The van der Waals surface area contributed by atoms with Crippen LogP contribution in [0.25, 0.3) is 0 Å². The van der Waals surface area contributed by atoms with Crippen molar-refractivity contribution in [1.82, 2.24) is 0 Å². The Morgan fingerprint density at radius 3 is 2.64 bits per heavy atom. The van der Waals surface area contributed by atoms with Crippen LogP contribution in [0.4, 0.5) is 0 Å². The van der Waals surface area contributed by atoms with Gasteiger partial charge < -0.3 is 5.11 Å². The van der Waals surface area contributed by atoms with Crippen molar-refractivity contribution >= 4 is 28.4 Å². The van der Waals surface area contributed by atoms with E-state index in [0.29, 0.717) is 12.0 Å². The highest BCUT2D eigenvalue weighted by molar-refractivity contribution is 14.1. The summed E-state index contributed by atoms with van der Waals surface area (Å²) in [5, 5.41) is 9.42. The predicted octanol–water partition coefficient (Wildman–Crippen LogP) is 3.18. The van der Waals surface area contributed by atoms with Crippen LogP contribution in [0.5, 0.6) is 5.75 Å². The van der Waals surface area contributed by atoms with Crippen molar-refractivity contribution in [1.29, 1.82) is 0 Å². The molecule has 0 heterocycles. The molecular weight excluding hydrogens is 291 g/mol. The zero-order valence-electron chi connectivity index (χ0n) is 7.87. The standard InChI is InChI=1S/C11H13IO2/c12-8-4-3-7-11(14)9-5-1-2-6-10(9)13/h1-2,5-6,13H,3-4,7-8H2. The summed E-state index contributed by atoms with van der Waals surface area (Å²) in [6, 6.07) is 6.70. The molecule has 0 bridgehead atoms. The number of carbonyl (C=O) groups excluding carboxylic acids is 1. The van der Waals surface area contributed by atoms with Crippen LogP contribution in [0.15, 0.2) is 24.3 Å². The minimum atomic E-state index is 0.0351. The van der Waals surface area contributed by atoms with E-state index in [9.17, 15) is 9.90 Å². The molecule has 0 aromatic heterocycles. The normalized spacial score (nSPS) is 10.1. The summed E-state index contributed by atoms with van der Waals surface area (Å²) in [5.74, 6) is 0.125. The first-order valence-electron chi connectivity index (χ1n) is 4.63. The van der Waals surface area contributed by atoms with Crippen molar-refractivity contribution in [2.24, 2.45) is 0 Å². The molecule has 0 radical (unpaired) electrons. The van der Waals surface area contributed by atoms with Crippen LogP contribution < -0.4 is 0 Å². The Hall–Kier alpha value is -0.580. The third-order valence-corrected chi connectivity index (χ3v) is 2.75. The van der Waals surface area contributed by atoms with Crippen molar-refractivity contribution in [3.05, 3.63) is 29.8 Å². The average Bonchev–Trinajstić information content (AvgIpc) is 2.18. The zero-order chi connectivity index (χ0) is 10.4. The summed E-state index contributed by atoms with van der Waals surface area (Å²) < 4.78 is 1.08. The Balaban J connectivity index is 2.56. The molecular formula is C11H13IO2. The number of alkyl halides is 1. The summed E-state index contributed by atoms with van der Waals surface area (Å²) in [7, 11) is 0. The van der Waals surface area contributed by atoms with Gasteiger partial charge in [-0.3, -0.25) is 4.79 Å². The van der Waals surface area contributed by atoms with E-state index in [2.05, 4.69) is 22.6 Å². The third-order valence-electron chi connectivity index (χ3n) is 1.99. The molecule has 0 unspecified atom stereocenters. The lowest BCUT2D eigenvalue weighted by molar-refractivity contribution is 0.0977. The Morgan fingerprint density at radius 1 is 1.29 bits per heavy atom. The van der Waals surface area contributed by atoms with Crippen molar-refractivity contribution < 1.29 is 9.90 Å². The largest absolute Gasteiger partial charge is 0.507 e. The van der Waals surface area contributed by atoms with Gasteiger partial charge in [0.1, 0.15) is 5.75 Å². The molecule has 0 fully saturated rings. The van der Waals surface area contributed by atoms with Crippen LogP contribution in [-0.4, -0.2) is 15.3 Å². The number of Topliss-reactive ketones (excluding diaryl/α,β-unsaturated/α-hetero) is 1. The van der Waals surface area contributed by atoms with E-state index in [0.717, 1.165) is 17.3 Å². The van der Waals surface area contributed by atoms with E-state index in [1.165, 1.54) is 0 Å². The highest BCUT2D eigenvalue weighted by Gasteiger charge is 2.08. The second-order valence-corrected chi connectivity index (χ2v) is 4.17. The number of para-hydroxylation sites is 1. The number of hydrogen-bond acceptors (Lipinski definition) is 2. The van der Waals surface area contributed by atoms with Crippen LogP contribution in [0.2, 0.25) is 0 Å². The van der Waals surface area contributed by atoms with Gasteiger partial charge in [-0.05, 0) is 29.4 Å². The maximum absolute atomic E-state index is 11.6. The molecule has 3 heteroatoms. The highest BCUT2D eigenvalue weighted by atomic mass is 127. The van der Waals surface area contributed by atoms with Gasteiger partial charge in [-0.25, -0.2) is 0 Å². The molecule has 0 saturated heterocycles. The van der Waals surface area contributed by atoms with E-state index in [1.54, 1.807) is 24.3 Å². The lowest BCUT2D eigenvalue weighted by Gasteiger charge is -2.02. The Kier molecular flexibility index (Phi) is 4.93. The van der Waals surface area contributed by atoms with Crippen molar-refractivity contribution in [2.75, 3.05) is 4.43 Å². The summed E-state index contributed by atoms with van der Waals surface area (Å²) in [6.45, 7) is 0. The van der Waals surface area contributed by atoms with Crippen molar-refractivity contribution in [2.45, 2.75) is 19.3 Å². The van der Waals surface area contributed by atoms with Crippen molar-refractivity contribution in [3.8, 4) is 5.75 Å². The molecule has 14 heavy (non-hydrogen) atoms. The first-order valence-corrected chi connectivity index (χ1v) is 6.15. The fraction of sp³-hybridized carbons (Fsp3) is 0.364. The number of carbonyl (C=O) groups is 1. The minimum Gasteiger partial charge on any atom is -0.507 e. The number of aromatic hydroxyl groups is 1. The first-order chi connectivity index (χ1) is 6.75. The summed E-state index contributed by atoms with van der Waals surface area (Å²) >= 11 is 2.29. The van der Waals surface area contributed by atoms with Gasteiger partial charge in [0.25, 0.3) is 0 Å². The second kappa shape index (κ2) is 6.01. The fourth-order valence-corrected chi connectivity index (χ4v) is 1.76. The summed E-state index contributed by atoms with van der Waals surface area (Å²) in [6.07, 6.45) is 2.48. The van der Waals surface area contributed by atoms with Gasteiger partial charge in [-0.1, -0.05) is 34.7 Å². The fourth-order valence-electron chi connectivity index (χ4n) is 1.22. The van der Waals surface area contributed by atoms with Crippen LogP contribution in [0.1, 0.15) is 29.6 Å². The van der Waals surface area contributed by atoms with Crippen molar-refractivity contribution in [3.63, 3.8) is 0 Å². The van der Waals surface area contributed by atoms with Gasteiger partial charge in [0.15, 0.2) is 5.78 Å². The van der Waals surface area contributed by atoms with E-state index < -0.39 is 0 Å². The molecule has 0 amide bonds. The molecule has 0 saturated carbocycles. The van der Waals surface area contributed by atoms with Crippen LogP contribution >= 0.6 is 22.6 Å². The highest BCUT2D eigenvalue weighted by Crippen LogP contribution is 2.18. The number of benzene rings is 1. The van der Waals surface area contributed by atoms with E-state index >= 15 is 0 Å². The number of ketones is 1. The molecule has 76 valence electrons. The SMILES string of the molecule is O=C(CCCCI)c1ccccc1O. The van der Waals surface area contributed by atoms with E-state index in [4.69, 9.17) is 0 Å². The summed E-state index contributed by atoms with van der Waals surface area (Å²) in [4.78, 5) is 11.6. The van der Waals surface area contributed by atoms with Gasteiger partial charge >= 0.3 is 0 Å². The number of rotatable bonds is 5. The second-order valence-electron chi connectivity index (χ2n) is 3.09. The quantitative estimate of drug-likeness (QED) is 0.393. The monoisotopic (exact) mass is 304 g/mol. The van der Waals surface area contributed by atoms with Gasteiger partial charge in [0.05, 0.1) is 5.56 Å². The molecule has 0 aliphatic carbocycles. The first kappa shape index (κ1) is 11.5. The third kappa shape index (κ3) is 3.29. The van der Waals surface area contributed by atoms with Gasteiger partial charge in [0.2, 0.25) is 0 Å². The number of phenolic OH excluding ortho intramolecular Hbond substituents is 1. The van der Waals surface area contributed by atoms with Gasteiger partial charge in [0, 0.05) is 6.42 Å². The lowest BCUT2D eigenvalue weighted by atomic mass is 10.1. The maximum Gasteiger partial charge on any atom is 0.166 e. The van der Waals surface area contributed by atoms with Gasteiger partial charge in [-0.15, -0.1) is 0 Å². The molecule has 1 aromatic carbocycles. The molecule has 1 rings (SSSR count). The Labute approximate surface area is 97.5 Å². The molecule has 1 N–H and O–H groups in total. The topological polar surface area (TPSA) is 37.3 Å². The summed E-state index contributed by atoms with van der Waals surface area (Å²) in [5.41, 5.74) is 0.445. The van der Waals surface area contributed by atoms with Crippen LogP contribution in [-0.2, 0) is 0 Å². The predicted molar refractivity (Wildman–Crippen MR) is 65.2 cm³/mol. The molecule has 2 nitrogen and oxygen atoms in total. The zero-order valence-corrected chi connectivity index (χ0v) is 10.0. The Bertz CT molecular complexity index is 310. The van der Waals surface area contributed by atoms with Crippen LogP contribution in [0.3, 0.4) is 0 Å². The lowest BCUT2D eigenvalue weighted by Crippen LogP contribution is -1.99. The number of halogens is 1.